The lowest BCUT2D eigenvalue weighted by atomic mass is 10.5. The van der Waals surface area contributed by atoms with Gasteiger partial charge >= 0.3 is 11.9 Å². The van der Waals surface area contributed by atoms with E-state index in [1.165, 1.54) is 0 Å². The molecule has 0 aromatic rings. The van der Waals surface area contributed by atoms with Crippen LogP contribution in [0.2, 0.25) is 0 Å². The van der Waals surface area contributed by atoms with E-state index >= 15 is 0 Å². The minimum absolute atomic E-state index is 0.110. The molecule has 0 radical (unpaired) electrons. The van der Waals surface area contributed by atoms with Gasteiger partial charge in [0.05, 0.1) is 13.1 Å². The predicted octanol–water partition coefficient (Wildman–Crippen LogP) is 1.41. The molecule has 6 nitrogen and oxygen atoms in total. The molecule has 0 amide bonds. The second-order valence-electron chi connectivity index (χ2n) is 3.52. The number of nitrogens with zero attached hydrogens (tertiary/aromatic N) is 1. The summed E-state index contributed by atoms with van der Waals surface area (Å²) >= 11 is 3.91. The Morgan fingerprint density at radius 3 is 1.67 bits per heavy atom. The predicted molar refractivity (Wildman–Crippen MR) is 82.2 cm³/mol. The highest BCUT2D eigenvalue weighted by atomic mass is 127. The molecule has 18 heavy (non-hydrogen) atoms. The monoisotopic (exact) mass is 485 g/mol. The van der Waals surface area contributed by atoms with Crippen LogP contribution in [0.3, 0.4) is 0 Å². The summed E-state index contributed by atoms with van der Waals surface area (Å²) in [4.78, 5) is 22.2. The molecule has 0 fully saturated rings. The number of rotatable bonds is 8. The molecule has 0 bridgehead atoms. The lowest BCUT2D eigenvalue weighted by molar-refractivity contribution is -0.153. The van der Waals surface area contributed by atoms with Gasteiger partial charge in [-0.2, -0.15) is 5.06 Å². The number of hydrogen-bond acceptors (Lipinski definition) is 6. The topological polar surface area (TPSA) is 76.1 Å². The molecule has 0 aromatic heterocycles. The molecule has 106 valence electrons. The Bertz CT molecular complexity index is 247. The van der Waals surface area contributed by atoms with Crippen molar-refractivity contribution in [1.29, 1.82) is 0 Å². The summed E-state index contributed by atoms with van der Waals surface area (Å²) in [5, 5.41) is 10.4. The fraction of sp³-hybridized carbons (Fsp3) is 0.800. The van der Waals surface area contributed by atoms with Crippen molar-refractivity contribution in [1.82, 2.24) is 5.06 Å². The van der Waals surface area contributed by atoms with Crippen molar-refractivity contribution >= 4 is 57.1 Å². The van der Waals surface area contributed by atoms with Crippen LogP contribution in [0.15, 0.2) is 0 Å². The standard InChI is InChI=1S/C10H17I2NO5/c1-7(11)9(14)17-5-3-13(16)4-6-18-10(15)8(2)12/h7-8,16H,3-6H2,1-2H3. The lowest BCUT2D eigenvalue weighted by Gasteiger charge is -2.15. The molecule has 0 heterocycles. The highest BCUT2D eigenvalue weighted by molar-refractivity contribution is 14.1. The van der Waals surface area contributed by atoms with Gasteiger partial charge in [-0.3, -0.25) is 9.59 Å². The molecule has 2 atom stereocenters. The van der Waals surface area contributed by atoms with Crippen LogP contribution in [-0.2, 0) is 19.1 Å². The zero-order chi connectivity index (χ0) is 14.1. The molecule has 1 N–H and O–H groups in total. The van der Waals surface area contributed by atoms with Crippen molar-refractivity contribution in [3.63, 3.8) is 0 Å². The summed E-state index contributed by atoms with van der Waals surface area (Å²) in [5.41, 5.74) is 0. The zero-order valence-electron chi connectivity index (χ0n) is 10.3. The van der Waals surface area contributed by atoms with Crippen LogP contribution < -0.4 is 0 Å². The molecular formula is C10H17I2NO5. The fourth-order valence-corrected chi connectivity index (χ4v) is 1.20. The molecule has 0 spiro atoms. The summed E-state index contributed by atoms with van der Waals surface area (Å²) in [6, 6.07) is 0. The van der Waals surface area contributed by atoms with Crippen LogP contribution in [-0.4, -0.2) is 56.4 Å². The largest absolute Gasteiger partial charge is 0.463 e. The highest BCUT2D eigenvalue weighted by Gasteiger charge is 2.12. The van der Waals surface area contributed by atoms with E-state index in [0.29, 0.717) is 0 Å². The van der Waals surface area contributed by atoms with E-state index in [2.05, 4.69) is 0 Å². The summed E-state index contributed by atoms with van der Waals surface area (Å²) in [5.74, 6) is -0.622. The van der Waals surface area contributed by atoms with Crippen molar-refractivity contribution in [3.05, 3.63) is 0 Å². The first kappa shape index (κ1) is 18.3. The Balaban J connectivity index is 3.57. The SMILES string of the molecule is CC(I)C(=O)OCCN(O)CCOC(=O)C(C)I. The van der Waals surface area contributed by atoms with Crippen molar-refractivity contribution < 1.29 is 24.3 Å². The van der Waals surface area contributed by atoms with Crippen molar-refractivity contribution in [3.8, 4) is 0 Å². The number of alkyl halides is 2. The molecule has 0 saturated carbocycles. The highest BCUT2D eigenvalue weighted by Crippen LogP contribution is 2.01. The number of carbonyl (C=O) groups excluding carboxylic acids is 2. The van der Waals surface area contributed by atoms with Gasteiger partial charge in [-0.1, -0.05) is 45.2 Å². The summed E-state index contributed by atoms with van der Waals surface area (Å²) in [7, 11) is 0. The number of carbonyl (C=O) groups is 2. The van der Waals surface area contributed by atoms with Gasteiger partial charge in [0.15, 0.2) is 0 Å². The third-order valence-corrected chi connectivity index (χ3v) is 2.85. The van der Waals surface area contributed by atoms with Gasteiger partial charge in [0, 0.05) is 0 Å². The van der Waals surface area contributed by atoms with E-state index in [0.717, 1.165) is 5.06 Å². The molecule has 0 saturated heterocycles. The van der Waals surface area contributed by atoms with Crippen LogP contribution in [0.5, 0.6) is 0 Å². The van der Waals surface area contributed by atoms with Gasteiger partial charge in [-0.15, -0.1) is 0 Å². The molecule has 2 unspecified atom stereocenters. The molecule has 0 aromatic carbocycles. The zero-order valence-corrected chi connectivity index (χ0v) is 14.6. The quantitative estimate of drug-likeness (QED) is 0.243. The van der Waals surface area contributed by atoms with Crippen LogP contribution in [0.4, 0.5) is 0 Å². The Hall–Kier alpha value is 0.320. The smallest absolute Gasteiger partial charge is 0.318 e. The van der Waals surface area contributed by atoms with E-state index < -0.39 is 0 Å². The Labute approximate surface area is 134 Å². The van der Waals surface area contributed by atoms with E-state index in [1.807, 2.05) is 45.2 Å². The maximum atomic E-state index is 11.1. The Kier molecular flexibility index (Phi) is 10.3. The van der Waals surface area contributed by atoms with E-state index in [4.69, 9.17) is 9.47 Å². The number of hydrogen-bond donors (Lipinski definition) is 1. The second-order valence-corrected chi connectivity index (χ2v) is 7.26. The minimum atomic E-state index is -0.311. The second kappa shape index (κ2) is 10.1. The average molecular weight is 485 g/mol. The van der Waals surface area contributed by atoms with E-state index in [-0.39, 0.29) is 46.1 Å². The molecule has 0 aliphatic rings. The molecule has 0 aliphatic heterocycles. The fourth-order valence-electron chi connectivity index (χ4n) is 0.845. The van der Waals surface area contributed by atoms with Gasteiger partial charge in [0.1, 0.15) is 21.1 Å². The molecular weight excluding hydrogens is 468 g/mol. The molecule has 0 aliphatic carbocycles. The first-order valence-corrected chi connectivity index (χ1v) is 7.89. The first-order valence-electron chi connectivity index (χ1n) is 5.39. The van der Waals surface area contributed by atoms with Gasteiger partial charge in [0.2, 0.25) is 0 Å². The van der Waals surface area contributed by atoms with Crippen LogP contribution >= 0.6 is 45.2 Å². The van der Waals surface area contributed by atoms with Crippen molar-refractivity contribution in [2.45, 2.75) is 21.7 Å². The van der Waals surface area contributed by atoms with Crippen LogP contribution in [0.1, 0.15) is 13.8 Å². The van der Waals surface area contributed by atoms with Gasteiger partial charge in [-0.05, 0) is 13.8 Å². The average Bonchev–Trinajstić information content (AvgIpc) is 2.28. The number of hydroxylamine groups is 2. The number of esters is 2. The van der Waals surface area contributed by atoms with Crippen molar-refractivity contribution in [2.24, 2.45) is 0 Å². The van der Waals surface area contributed by atoms with Crippen LogP contribution in [0.25, 0.3) is 0 Å². The maximum absolute atomic E-state index is 11.1. The number of ether oxygens (including phenoxy) is 2. The lowest BCUT2D eigenvalue weighted by Crippen LogP contribution is -2.30. The third kappa shape index (κ3) is 9.28. The first-order chi connectivity index (χ1) is 8.34. The third-order valence-electron chi connectivity index (χ3n) is 1.84. The summed E-state index contributed by atoms with van der Waals surface area (Å²) < 4.78 is 9.35. The number of halogens is 2. The normalized spacial score (nSPS) is 14.1. The summed E-state index contributed by atoms with van der Waals surface area (Å²) in [6.45, 7) is 4.05. The van der Waals surface area contributed by atoms with Crippen molar-refractivity contribution in [2.75, 3.05) is 26.3 Å². The Morgan fingerprint density at radius 1 is 1.06 bits per heavy atom. The maximum Gasteiger partial charge on any atom is 0.318 e. The molecule has 0 rings (SSSR count). The van der Waals surface area contributed by atoms with Gasteiger partial charge in [-0.25, -0.2) is 0 Å². The van der Waals surface area contributed by atoms with Crippen LogP contribution in [0, 0.1) is 0 Å². The van der Waals surface area contributed by atoms with Gasteiger partial charge < -0.3 is 14.7 Å². The van der Waals surface area contributed by atoms with Gasteiger partial charge in [0.25, 0.3) is 0 Å². The summed E-state index contributed by atoms with van der Waals surface area (Å²) in [6.07, 6.45) is 0. The Morgan fingerprint density at radius 2 is 1.39 bits per heavy atom. The molecule has 8 heteroatoms. The minimum Gasteiger partial charge on any atom is -0.463 e. The van der Waals surface area contributed by atoms with E-state index in [9.17, 15) is 14.8 Å². The van der Waals surface area contributed by atoms with E-state index in [1.54, 1.807) is 13.8 Å².